The van der Waals surface area contributed by atoms with Gasteiger partial charge in [0.2, 0.25) is 0 Å². The molecule has 0 aromatic rings. The van der Waals surface area contributed by atoms with Crippen LogP contribution >= 0.6 is 15.6 Å². The van der Waals surface area contributed by atoms with Gasteiger partial charge < -0.3 is 9.79 Å². The molecule has 0 aromatic heterocycles. The second-order valence-corrected chi connectivity index (χ2v) is 7.96. The highest BCUT2D eigenvalue weighted by molar-refractivity contribution is 7.61. The molecule has 21 heavy (non-hydrogen) atoms. The molecule has 0 saturated carbocycles. The van der Waals surface area contributed by atoms with Gasteiger partial charge in [-0.2, -0.15) is 4.31 Å². The van der Waals surface area contributed by atoms with Gasteiger partial charge in [0, 0.05) is 0 Å². The van der Waals surface area contributed by atoms with Gasteiger partial charge in [0.15, 0.2) is 0 Å². The second-order valence-electron chi connectivity index (χ2n) is 4.92. The number of phosphoric ester groups is 1. The van der Waals surface area contributed by atoms with E-state index in [1.807, 2.05) is 13.8 Å². The molecular weight excluding hydrogens is 318 g/mol. The highest BCUT2D eigenvalue weighted by Crippen LogP contribution is 2.61. The summed E-state index contributed by atoms with van der Waals surface area (Å²) in [6, 6.07) is 0. The van der Waals surface area contributed by atoms with Gasteiger partial charge in [0.05, 0.1) is 13.2 Å². The molecule has 7 nitrogen and oxygen atoms in total. The van der Waals surface area contributed by atoms with Crippen molar-refractivity contribution in [3.05, 3.63) is 0 Å². The molecule has 0 aliphatic heterocycles. The van der Waals surface area contributed by atoms with Gasteiger partial charge in [-0.05, 0) is 18.8 Å². The maximum absolute atomic E-state index is 12.2. The Kier molecular flexibility index (Phi) is 11.0. The first kappa shape index (κ1) is 21.3. The minimum absolute atomic E-state index is 0.0690. The van der Waals surface area contributed by atoms with E-state index in [4.69, 9.17) is 18.8 Å². The smallest absolute Gasteiger partial charge is 0.302 e. The van der Waals surface area contributed by atoms with Gasteiger partial charge in [-0.1, -0.05) is 46.5 Å². The molecule has 0 heterocycles. The Balaban J connectivity index is 4.57. The zero-order chi connectivity index (χ0) is 16.4. The van der Waals surface area contributed by atoms with Crippen molar-refractivity contribution in [2.45, 2.75) is 59.3 Å². The fraction of sp³-hybridized carbons (Fsp3) is 1.00. The molecular formula is C12H28O7P2. The van der Waals surface area contributed by atoms with Crippen molar-refractivity contribution in [2.24, 2.45) is 5.92 Å². The van der Waals surface area contributed by atoms with Crippen molar-refractivity contribution < 1.29 is 32.3 Å². The van der Waals surface area contributed by atoms with Crippen LogP contribution in [0.15, 0.2) is 0 Å². The van der Waals surface area contributed by atoms with Gasteiger partial charge in [0.1, 0.15) is 0 Å². The van der Waals surface area contributed by atoms with Crippen LogP contribution in [0.5, 0.6) is 0 Å². The van der Waals surface area contributed by atoms with Crippen molar-refractivity contribution in [2.75, 3.05) is 13.2 Å². The molecule has 2 atom stereocenters. The molecule has 0 aliphatic rings. The second kappa shape index (κ2) is 10.9. The quantitative estimate of drug-likeness (QED) is 0.379. The third kappa shape index (κ3) is 11.5. The zero-order valence-electron chi connectivity index (χ0n) is 13.1. The van der Waals surface area contributed by atoms with E-state index in [1.54, 1.807) is 0 Å². The molecule has 0 spiro atoms. The lowest BCUT2D eigenvalue weighted by molar-refractivity contribution is 0.120. The molecule has 0 fully saturated rings. The molecule has 2 N–H and O–H groups in total. The number of hydrogen-bond acceptors (Lipinski definition) is 5. The summed E-state index contributed by atoms with van der Waals surface area (Å²) in [7, 11) is -9.17. The third-order valence-corrected chi connectivity index (χ3v) is 5.58. The first-order valence-corrected chi connectivity index (χ1v) is 10.4. The van der Waals surface area contributed by atoms with E-state index in [1.165, 1.54) is 0 Å². The molecule has 0 radical (unpaired) electrons. The van der Waals surface area contributed by atoms with Crippen LogP contribution in [-0.2, 0) is 22.5 Å². The Hall–Kier alpha value is 0.260. The number of unbranched alkanes of at least 4 members (excludes halogenated alkanes) is 2. The molecule has 0 rings (SSSR count). The first-order chi connectivity index (χ1) is 9.76. The zero-order valence-corrected chi connectivity index (χ0v) is 14.9. The number of rotatable bonds is 13. The maximum Gasteiger partial charge on any atom is 0.483 e. The lowest BCUT2D eigenvalue weighted by Gasteiger charge is -2.21. The topological polar surface area (TPSA) is 102 Å². The van der Waals surface area contributed by atoms with Crippen molar-refractivity contribution in [3.8, 4) is 0 Å². The van der Waals surface area contributed by atoms with Crippen LogP contribution < -0.4 is 0 Å². The molecule has 0 aromatic carbocycles. The summed E-state index contributed by atoms with van der Waals surface area (Å²) in [6.45, 7) is 6.13. The van der Waals surface area contributed by atoms with E-state index in [-0.39, 0.29) is 19.1 Å². The summed E-state index contributed by atoms with van der Waals surface area (Å²) in [5.74, 6) is 0.161. The largest absolute Gasteiger partial charge is 0.483 e. The minimum atomic E-state index is -4.94. The van der Waals surface area contributed by atoms with Gasteiger partial charge in [-0.15, -0.1) is 0 Å². The number of phosphoric acid groups is 2. The van der Waals surface area contributed by atoms with Crippen LogP contribution in [-0.4, -0.2) is 23.0 Å². The van der Waals surface area contributed by atoms with Crippen molar-refractivity contribution in [3.63, 3.8) is 0 Å². The van der Waals surface area contributed by atoms with Crippen LogP contribution in [0.2, 0.25) is 0 Å². The van der Waals surface area contributed by atoms with Crippen LogP contribution in [0, 0.1) is 5.92 Å². The van der Waals surface area contributed by atoms with Crippen LogP contribution in [0.3, 0.4) is 0 Å². The van der Waals surface area contributed by atoms with E-state index in [0.29, 0.717) is 6.42 Å². The maximum atomic E-state index is 12.2. The van der Waals surface area contributed by atoms with E-state index in [9.17, 15) is 9.13 Å². The molecule has 0 bridgehead atoms. The fourth-order valence-electron chi connectivity index (χ4n) is 1.63. The van der Waals surface area contributed by atoms with Crippen LogP contribution in [0.4, 0.5) is 0 Å². The van der Waals surface area contributed by atoms with E-state index < -0.39 is 15.6 Å². The van der Waals surface area contributed by atoms with Crippen molar-refractivity contribution >= 4 is 15.6 Å². The average Bonchev–Trinajstić information content (AvgIpc) is 2.37. The molecule has 0 aliphatic carbocycles. The lowest BCUT2D eigenvalue weighted by atomic mass is 10.0. The summed E-state index contributed by atoms with van der Waals surface area (Å²) >= 11 is 0. The fourth-order valence-corrected chi connectivity index (χ4v) is 3.87. The first-order valence-electron chi connectivity index (χ1n) is 7.42. The number of hydrogen-bond donors (Lipinski definition) is 2. The van der Waals surface area contributed by atoms with Gasteiger partial charge in [-0.25, -0.2) is 9.13 Å². The Bertz CT molecular complexity index is 356. The van der Waals surface area contributed by atoms with Crippen molar-refractivity contribution in [1.29, 1.82) is 0 Å². The predicted molar refractivity (Wildman–Crippen MR) is 80.9 cm³/mol. The molecule has 0 saturated heterocycles. The summed E-state index contributed by atoms with van der Waals surface area (Å²) in [6.07, 6.45) is 5.18. The summed E-state index contributed by atoms with van der Waals surface area (Å²) in [4.78, 5) is 17.7. The molecule has 128 valence electrons. The summed E-state index contributed by atoms with van der Waals surface area (Å²) < 4.78 is 37.5. The standard InChI is InChI=1S/C12H28O7P2/c1-4-7-9-12(6-3)11-18-21(16,17-10-8-5-2)19-20(13,14)15/h12H,4-11H2,1-3H3,(H2,13,14,15). The molecule has 9 heteroatoms. The minimum Gasteiger partial charge on any atom is -0.302 e. The SMILES string of the molecule is CCCCOP(=O)(OCC(CC)CCCC)OP(=O)(O)O. The highest BCUT2D eigenvalue weighted by Gasteiger charge is 2.36. The summed E-state index contributed by atoms with van der Waals surface area (Å²) in [5, 5.41) is 0. The van der Waals surface area contributed by atoms with E-state index >= 15 is 0 Å². The van der Waals surface area contributed by atoms with Crippen LogP contribution in [0.1, 0.15) is 59.3 Å². The van der Waals surface area contributed by atoms with E-state index in [0.717, 1.165) is 32.1 Å². The van der Waals surface area contributed by atoms with Gasteiger partial charge in [0.25, 0.3) is 0 Å². The van der Waals surface area contributed by atoms with Crippen LogP contribution in [0.25, 0.3) is 0 Å². The normalized spacial score (nSPS) is 16.6. The predicted octanol–water partition coefficient (Wildman–Crippen LogP) is 4.25. The Morgan fingerprint density at radius 1 is 1.00 bits per heavy atom. The Morgan fingerprint density at radius 2 is 1.62 bits per heavy atom. The average molecular weight is 346 g/mol. The highest BCUT2D eigenvalue weighted by atomic mass is 31.3. The van der Waals surface area contributed by atoms with Crippen molar-refractivity contribution in [1.82, 2.24) is 0 Å². The Labute approximate surface area is 127 Å². The molecule has 2 unspecified atom stereocenters. The third-order valence-electron chi connectivity index (χ3n) is 2.97. The van der Waals surface area contributed by atoms with Gasteiger partial charge in [-0.3, -0.25) is 9.05 Å². The molecule has 0 amide bonds. The summed E-state index contributed by atoms with van der Waals surface area (Å²) in [5.41, 5.74) is 0. The monoisotopic (exact) mass is 346 g/mol. The Morgan fingerprint density at radius 3 is 2.10 bits per heavy atom. The van der Waals surface area contributed by atoms with Gasteiger partial charge >= 0.3 is 15.6 Å². The lowest BCUT2D eigenvalue weighted by Crippen LogP contribution is -2.10. The van der Waals surface area contributed by atoms with E-state index in [2.05, 4.69) is 11.2 Å².